The van der Waals surface area contributed by atoms with Crippen molar-refractivity contribution in [3.8, 4) is 17.2 Å². The number of amides is 1. The molecule has 0 aliphatic carbocycles. The van der Waals surface area contributed by atoms with E-state index in [1.165, 1.54) is 7.11 Å². The van der Waals surface area contributed by atoms with Crippen LogP contribution in [0.4, 0.5) is 4.79 Å². The van der Waals surface area contributed by atoms with Gasteiger partial charge >= 0.3 is 6.09 Å². The highest BCUT2D eigenvalue weighted by Gasteiger charge is 2.21. The number of aliphatic hydroxyl groups excluding tert-OH is 1. The first-order chi connectivity index (χ1) is 14.0. The molecule has 2 aromatic carbocycles. The van der Waals surface area contributed by atoms with E-state index >= 15 is 0 Å². The van der Waals surface area contributed by atoms with Crippen LogP contribution in [0, 0.1) is 0 Å². The maximum absolute atomic E-state index is 11.1. The Morgan fingerprint density at radius 1 is 1.00 bits per heavy atom. The summed E-state index contributed by atoms with van der Waals surface area (Å²) in [5, 5.41) is 25.2. The van der Waals surface area contributed by atoms with Gasteiger partial charge in [0.15, 0.2) is 11.5 Å². The monoisotopic (exact) mass is 404 g/mol. The SMILES string of the molecule is COc1cc(CNC[C@@H](O)[C@H](Cc2ccccc2)NC(=O)O)cc(OC)c1OC. The third kappa shape index (κ3) is 6.55. The van der Waals surface area contributed by atoms with Crippen molar-refractivity contribution in [2.24, 2.45) is 0 Å². The van der Waals surface area contributed by atoms with Crippen molar-refractivity contribution in [1.29, 1.82) is 0 Å². The first-order valence-electron chi connectivity index (χ1n) is 9.19. The third-order valence-corrected chi connectivity index (χ3v) is 4.48. The van der Waals surface area contributed by atoms with Gasteiger partial charge in [0.1, 0.15) is 0 Å². The Labute approximate surface area is 170 Å². The van der Waals surface area contributed by atoms with Crippen molar-refractivity contribution in [1.82, 2.24) is 10.6 Å². The molecule has 0 saturated heterocycles. The number of nitrogens with one attached hydrogen (secondary N) is 2. The predicted octanol–water partition coefficient (Wildman–Crippen LogP) is 2.04. The number of benzene rings is 2. The molecule has 8 heteroatoms. The summed E-state index contributed by atoms with van der Waals surface area (Å²) in [5.74, 6) is 1.59. The van der Waals surface area contributed by atoms with E-state index in [0.29, 0.717) is 30.2 Å². The molecule has 158 valence electrons. The van der Waals surface area contributed by atoms with Crippen LogP contribution < -0.4 is 24.8 Å². The first kappa shape index (κ1) is 22.3. The smallest absolute Gasteiger partial charge is 0.404 e. The van der Waals surface area contributed by atoms with Gasteiger partial charge < -0.3 is 35.1 Å². The van der Waals surface area contributed by atoms with Crippen LogP contribution in [0.15, 0.2) is 42.5 Å². The Bertz CT molecular complexity index is 759. The topological polar surface area (TPSA) is 109 Å². The van der Waals surface area contributed by atoms with Crippen LogP contribution in [-0.4, -0.2) is 56.3 Å². The van der Waals surface area contributed by atoms with E-state index in [0.717, 1.165) is 11.1 Å². The van der Waals surface area contributed by atoms with E-state index in [1.54, 1.807) is 14.2 Å². The number of carboxylic acid groups (broad SMARTS) is 1. The molecule has 8 nitrogen and oxygen atoms in total. The zero-order chi connectivity index (χ0) is 21.2. The fourth-order valence-corrected chi connectivity index (χ4v) is 3.05. The number of rotatable bonds is 11. The molecule has 0 heterocycles. The van der Waals surface area contributed by atoms with Crippen molar-refractivity contribution in [3.63, 3.8) is 0 Å². The summed E-state index contributed by atoms with van der Waals surface area (Å²) in [6, 6.07) is 12.4. The van der Waals surface area contributed by atoms with Gasteiger partial charge in [0.05, 0.1) is 33.5 Å². The van der Waals surface area contributed by atoms with E-state index in [1.807, 2.05) is 42.5 Å². The van der Waals surface area contributed by atoms with Crippen molar-refractivity contribution >= 4 is 6.09 Å². The summed E-state index contributed by atoms with van der Waals surface area (Å²) in [5.41, 5.74) is 1.81. The summed E-state index contributed by atoms with van der Waals surface area (Å²) < 4.78 is 16.0. The maximum Gasteiger partial charge on any atom is 0.404 e. The molecule has 0 bridgehead atoms. The second-order valence-electron chi connectivity index (χ2n) is 6.48. The van der Waals surface area contributed by atoms with Crippen LogP contribution in [0.25, 0.3) is 0 Å². The van der Waals surface area contributed by atoms with Crippen molar-refractivity contribution in [2.45, 2.75) is 25.1 Å². The van der Waals surface area contributed by atoms with Crippen LogP contribution in [0.2, 0.25) is 0 Å². The largest absolute Gasteiger partial charge is 0.493 e. The van der Waals surface area contributed by atoms with Crippen LogP contribution in [-0.2, 0) is 13.0 Å². The molecule has 0 saturated carbocycles. The first-order valence-corrected chi connectivity index (χ1v) is 9.19. The van der Waals surface area contributed by atoms with Gasteiger partial charge in [-0.25, -0.2) is 4.79 Å². The minimum atomic E-state index is -1.17. The molecule has 1 amide bonds. The molecular formula is C21H28N2O6. The van der Waals surface area contributed by atoms with Crippen molar-refractivity contribution < 1.29 is 29.2 Å². The average Bonchev–Trinajstić information content (AvgIpc) is 2.72. The number of hydrogen-bond acceptors (Lipinski definition) is 6. The fraction of sp³-hybridized carbons (Fsp3) is 0.381. The van der Waals surface area contributed by atoms with Gasteiger partial charge in [-0.05, 0) is 29.7 Å². The molecule has 0 fully saturated rings. The number of aliphatic hydroxyl groups is 1. The summed E-state index contributed by atoms with van der Waals surface area (Å²) >= 11 is 0. The summed E-state index contributed by atoms with van der Waals surface area (Å²) in [7, 11) is 4.63. The van der Waals surface area contributed by atoms with Gasteiger partial charge in [-0.1, -0.05) is 30.3 Å². The minimum absolute atomic E-state index is 0.203. The van der Waals surface area contributed by atoms with E-state index in [2.05, 4.69) is 10.6 Å². The Morgan fingerprint density at radius 3 is 2.14 bits per heavy atom. The molecule has 0 radical (unpaired) electrons. The molecule has 0 aromatic heterocycles. The Hall–Kier alpha value is -2.97. The van der Waals surface area contributed by atoms with Crippen LogP contribution in [0.5, 0.6) is 17.2 Å². The summed E-state index contributed by atoms with van der Waals surface area (Å²) in [4.78, 5) is 11.1. The Balaban J connectivity index is 2.00. The lowest BCUT2D eigenvalue weighted by molar-refractivity contribution is 0.117. The normalized spacial score (nSPS) is 12.7. The van der Waals surface area contributed by atoms with E-state index < -0.39 is 18.2 Å². The minimum Gasteiger partial charge on any atom is -0.493 e. The zero-order valence-electron chi connectivity index (χ0n) is 16.8. The lowest BCUT2D eigenvalue weighted by atomic mass is 10.0. The van der Waals surface area contributed by atoms with Crippen molar-refractivity contribution in [2.75, 3.05) is 27.9 Å². The molecule has 4 N–H and O–H groups in total. The van der Waals surface area contributed by atoms with Crippen LogP contribution in [0.3, 0.4) is 0 Å². The van der Waals surface area contributed by atoms with Crippen molar-refractivity contribution in [3.05, 3.63) is 53.6 Å². The number of ether oxygens (including phenoxy) is 3. The molecule has 0 aliphatic heterocycles. The summed E-state index contributed by atoms with van der Waals surface area (Å²) in [6.07, 6.45) is -1.69. The molecule has 29 heavy (non-hydrogen) atoms. The second-order valence-corrected chi connectivity index (χ2v) is 6.48. The third-order valence-electron chi connectivity index (χ3n) is 4.48. The molecule has 2 atom stereocenters. The van der Waals surface area contributed by atoms with E-state index in [4.69, 9.17) is 19.3 Å². The van der Waals surface area contributed by atoms with Crippen LogP contribution in [0.1, 0.15) is 11.1 Å². The van der Waals surface area contributed by atoms with Gasteiger partial charge in [-0.2, -0.15) is 0 Å². The lowest BCUT2D eigenvalue weighted by Gasteiger charge is -2.23. The number of methoxy groups -OCH3 is 3. The van der Waals surface area contributed by atoms with Gasteiger partial charge in [-0.3, -0.25) is 0 Å². The van der Waals surface area contributed by atoms with E-state index in [-0.39, 0.29) is 6.54 Å². The quantitative estimate of drug-likeness (QED) is 0.454. The Morgan fingerprint density at radius 2 is 1.62 bits per heavy atom. The van der Waals surface area contributed by atoms with Gasteiger partial charge in [0.2, 0.25) is 5.75 Å². The number of hydrogen-bond donors (Lipinski definition) is 4. The molecular weight excluding hydrogens is 376 g/mol. The zero-order valence-corrected chi connectivity index (χ0v) is 16.8. The molecule has 0 spiro atoms. The highest BCUT2D eigenvalue weighted by molar-refractivity contribution is 5.65. The van der Waals surface area contributed by atoms with Gasteiger partial charge in [0.25, 0.3) is 0 Å². The van der Waals surface area contributed by atoms with Crippen LogP contribution >= 0.6 is 0 Å². The number of carbonyl (C=O) groups is 1. The lowest BCUT2D eigenvalue weighted by Crippen LogP contribution is -2.48. The second kappa shape index (κ2) is 11.1. The average molecular weight is 404 g/mol. The Kier molecular flexibility index (Phi) is 8.57. The molecule has 2 aromatic rings. The predicted molar refractivity (Wildman–Crippen MR) is 109 cm³/mol. The van der Waals surface area contributed by atoms with E-state index in [9.17, 15) is 9.90 Å². The molecule has 2 rings (SSSR count). The van der Waals surface area contributed by atoms with Gasteiger partial charge in [-0.15, -0.1) is 0 Å². The molecule has 0 aliphatic rings. The van der Waals surface area contributed by atoms with Gasteiger partial charge in [0, 0.05) is 13.1 Å². The highest BCUT2D eigenvalue weighted by Crippen LogP contribution is 2.38. The standard InChI is InChI=1S/C21H28N2O6/c1-27-18-10-15(11-19(28-2)20(18)29-3)12-22-13-17(24)16(23-21(25)26)9-14-7-5-4-6-8-14/h4-8,10-11,16-17,22-24H,9,12-13H2,1-3H3,(H,25,26)/t16-,17+/m0/s1. The maximum atomic E-state index is 11.1. The molecule has 0 unspecified atom stereocenters. The fourth-order valence-electron chi connectivity index (χ4n) is 3.05. The summed E-state index contributed by atoms with van der Waals surface area (Å²) in [6.45, 7) is 0.632. The highest BCUT2D eigenvalue weighted by atomic mass is 16.5.